The molecule has 0 saturated carbocycles. The first kappa shape index (κ1) is 30.7. The summed E-state index contributed by atoms with van der Waals surface area (Å²) in [7, 11) is 0. The summed E-state index contributed by atoms with van der Waals surface area (Å²) in [5.74, 6) is 1.69. The van der Waals surface area contributed by atoms with Crippen LogP contribution in [0.25, 0.3) is 44.6 Å². The van der Waals surface area contributed by atoms with Crippen LogP contribution in [0, 0.1) is 19.9 Å². The first-order valence-corrected chi connectivity index (χ1v) is 14.6. The van der Waals surface area contributed by atoms with Gasteiger partial charge in [0.2, 0.25) is 0 Å². The molecule has 0 amide bonds. The van der Waals surface area contributed by atoms with Gasteiger partial charge < -0.3 is 23.3 Å². The van der Waals surface area contributed by atoms with Crippen LogP contribution in [0.3, 0.4) is 0 Å². The van der Waals surface area contributed by atoms with Crippen molar-refractivity contribution in [3.63, 3.8) is 0 Å². The zero-order valence-electron chi connectivity index (χ0n) is 24.8. The number of benzene rings is 4. The van der Waals surface area contributed by atoms with Gasteiger partial charge in [-0.15, -0.1) is 23.8 Å². The van der Waals surface area contributed by atoms with Crippen LogP contribution in [0.5, 0.6) is 5.75 Å². The summed E-state index contributed by atoms with van der Waals surface area (Å²) >= 11 is 0. The second-order valence-electron chi connectivity index (χ2n) is 10.4. The minimum Gasteiger partial charge on any atom is -0.491 e. The van der Waals surface area contributed by atoms with Gasteiger partial charge in [0.05, 0.1) is 25.6 Å². The molecule has 6 nitrogen and oxygen atoms in total. The molecule has 7 heteroatoms. The Morgan fingerprint density at radius 2 is 1.47 bits per heavy atom. The number of rotatable bonds is 12. The van der Waals surface area contributed by atoms with Crippen molar-refractivity contribution in [3.8, 4) is 28.5 Å². The van der Waals surface area contributed by atoms with E-state index >= 15 is 0 Å². The van der Waals surface area contributed by atoms with Crippen LogP contribution in [0.2, 0.25) is 0 Å². The molecule has 43 heavy (non-hydrogen) atoms. The Morgan fingerprint density at radius 1 is 0.767 bits per heavy atom. The Balaban J connectivity index is 0.00000368. The maximum absolute atomic E-state index is 6.01. The van der Waals surface area contributed by atoms with Crippen molar-refractivity contribution < 1.29 is 34.3 Å². The number of aryl methyl sites for hydroxylation is 2. The van der Waals surface area contributed by atoms with Crippen LogP contribution < -0.4 is 4.74 Å². The van der Waals surface area contributed by atoms with Gasteiger partial charge in [0.1, 0.15) is 12.4 Å². The molecule has 0 aliphatic heterocycles. The predicted octanol–water partition coefficient (Wildman–Crippen LogP) is 7.87. The van der Waals surface area contributed by atoms with Crippen molar-refractivity contribution in [2.75, 3.05) is 33.0 Å². The van der Waals surface area contributed by atoms with E-state index in [-0.39, 0.29) is 20.1 Å². The summed E-state index contributed by atoms with van der Waals surface area (Å²) in [5, 5.41) is 2.38. The standard InChI is InChI=1S/C36H36N3O3.Ir/c1-4-18-40-19-20-41-21-22-42-30-23-26(2)35(27(3)24-30)38-17-16-37-36(38)28-14-15-34-32(25-28)31-12-8-9-13-33(31)39(34)29-10-6-5-7-11-29;/h5-13,15-17,23-25H,4,18-22H2,1-3H3;/q-1;. The average molecular weight is 751 g/mol. The summed E-state index contributed by atoms with van der Waals surface area (Å²) < 4.78 is 21.5. The van der Waals surface area contributed by atoms with Gasteiger partial charge in [-0.2, -0.15) is 0 Å². The predicted molar refractivity (Wildman–Crippen MR) is 169 cm³/mol. The zero-order valence-corrected chi connectivity index (χ0v) is 27.2. The van der Waals surface area contributed by atoms with E-state index in [2.05, 4.69) is 109 Å². The Morgan fingerprint density at radius 3 is 2.23 bits per heavy atom. The second-order valence-corrected chi connectivity index (χ2v) is 10.4. The largest absolute Gasteiger partial charge is 0.491 e. The quantitative estimate of drug-likeness (QED) is 0.0945. The van der Waals surface area contributed by atoms with Crippen LogP contribution in [0.4, 0.5) is 0 Å². The van der Waals surface area contributed by atoms with Gasteiger partial charge in [-0.25, -0.2) is 0 Å². The molecule has 0 unspecified atom stereocenters. The SMILES string of the molecule is CCCOCCOCCOc1cc(C)c(-n2ccnc2-c2[c-]cc3c(c2)c2ccccc2n3-c2ccccc2)c(C)c1.[Ir]. The average Bonchev–Trinajstić information content (AvgIpc) is 3.61. The summed E-state index contributed by atoms with van der Waals surface area (Å²) in [6, 6.07) is 31.0. The molecule has 4 aromatic carbocycles. The fourth-order valence-electron chi connectivity index (χ4n) is 5.64. The van der Waals surface area contributed by atoms with Crippen molar-refractivity contribution in [2.45, 2.75) is 27.2 Å². The Hall–Kier alpha value is -3.74. The molecule has 0 N–H and O–H groups in total. The molecule has 0 atom stereocenters. The first-order valence-electron chi connectivity index (χ1n) is 14.6. The summed E-state index contributed by atoms with van der Waals surface area (Å²) in [4.78, 5) is 4.78. The van der Waals surface area contributed by atoms with Gasteiger partial charge in [0.25, 0.3) is 0 Å². The third kappa shape index (κ3) is 6.46. The number of hydrogen-bond acceptors (Lipinski definition) is 4. The molecule has 0 aliphatic carbocycles. The summed E-state index contributed by atoms with van der Waals surface area (Å²) in [6.45, 7) is 9.32. The van der Waals surface area contributed by atoms with Crippen molar-refractivity contribution in [2.24, 2.45) is 0 Å². The molecule has 6 rings (SSSR count). The zero-order chi connectivity index (χ0) is 28.9. The van der Waals surface area contributed by atoms with Crippen LogP contribution in [-0.4, -0.2) is 47.2 Å². The monoisotopic (exact) mass is 751 g/mol. The Labute approximate surface area is 266 Å². The number of imidazole rings is 1. The molecular weight excluding hydrogens is 715 g/mol. The van der Waals surface area contributed by atoms with Gasteiger partial charge >= 0.3 is 0 Å². The molecule has 0 fully saturated rings. The fourth-order valence-corrected chi connectivity index (χ4v) is 5.64. The van der Waals surface area contributed by atoms with E-state index in [1.165, 1.54) is 16.3 Å². The molecule has 0 aliphatic rings. The van der Waals surface area contributed by atoms with Crippen molar-refractivity contribution in [3.05, 3.63) is 108 Å². The first-order chi connectivity index (χ1) is 20.7. The Kier molecular flexibility index (Phi) is 10.1. The number of hydrogen-bond donors (Lipinski definition) is 0. The van der Waals surface area contributed by atoms with Crippen LogP contribution in [-0.2, 0) is 29.6 Å². The minimum absolute atomic E-state index is 0. The van der Waals surface area contributed by atoms with E-state index < -0.39 is 0 Å². The number of para-hydroxylation sites is 2. The molecule has 6 aromatic rings. The van der Waals surface area contributed by atoms with E-state index in [9.17, 15) is 0 Å². The van der Waals surface area contributed by atoms with Gasteiger partial charge in [0, 0.05) is 56.0 Å². The normalized spacial score (nSPS) is 11.2. The van der Waals surface area contributed by atoms with E-state index in [1.54, 1.807) is 0 Å². The maximum Gasteiger partial charge on any atom is 0.120 e. The van der Waals surface area contributed by atoms with Gasteiger partial charge in [0.15, 0.2) is 0 Å². The van der Waals surface area contributed by atoms with Crippen molar-refractivity contribution in [1.82, 2.24) is 14.1 Å². The van der Waals surface area contributed by atoms with E-state index in [1.807, 2.05) is 18.5 Å². The van der Waals surface area contributed by atoms with Gasteiger partial charge in [-0.1, -0.05) is 48.7 Å². The Bertz CT molecular complexity index is 1790. The van der Waals surface area contributed by atoms with Crippen LogP contribution in [0.1, 0.15) is 24.5 Å². The number of fused-ring (bicyclic) bond motifs is 3. The molecule has 1 radical (unpaired) electrons. The molecular formula is C36H36IrN3O3-. The molecule has 0 saturated heterocycles. The van der Waals surface area contributed by atoms with Gasteiger partial charge in [-0.3, -0.25) is 4.98 Å². The van der Waals surface area contributed by atoms with E-state index in [0.717, 1.165) is 58.2 Å². The topological polar surface area (TPSA) is 50.4 Å². The smallest absolute Gasteiger partial charge is 0.120 e. The molecule has 0 bridgehead atoms. The molecule has 2 aromatic heterocycles. The molecule has 0 spiro atoms. The minimum atomic E-state index is 0. The van der Waals surface area contributed by atoms with Crippen LogP contribution >= 0.6 is 0 Å². The number of aromatic nitrogens is 3. The summed E-state index contributed by atoms with van der Waals surface area (Å²) in [6.07, 6.45) is 4.89. The summed E-state index contributed by atoms with van der Waals surface area (Å²) in [5.41, 5.74) is 7.69. The number of nitrogens with zero attached hydrogens (tertiary/aromatic N) is 3. The van der Waals surface area contributed by atoms with Gasteiger partial charge in [-0.05, 0) is 72.6 Å². The van der Waals surface area contributed by atoms with Crippen LogP contribution in [0.15, 0.2) is 91.3 Å². The van der Waals surface area contributed by atoms with Crippen molar-refractivity contribution >= 4 is 21.8 Å². The third-order valence-electron chi connectivity index (χ3n) is 7.42. The second kappa shape index (κ2) is 14.2. The van der Waals surface area contributed by atoms with E-state index in [0.29, 0.717) is 26.4 Å². The number of ether oxygens (including phenoxy) is 3. The molecule has 2 heterocycles. The third-order valence-corrected chi connectivity index (χ3v) is 7.42. The van der Waals surface area contributed by atoms with E-state index in [4.69, 9.17) is 19.2 Å². The van der Waals surface area contributed by atoms with Crippen molar-refractivity contribution in [1.29, 1.82) is 0 Å². The molecule has 223 valence electrons. The fraction of sp³-hybridized carbons (Fsp3) is 0.250. The maximum atomic E-state index is 6.01.